The van der Waals surface area contributed by atoms with Crippen LogP contribution in [0.2, 0.25) is 0 Å². The Balaban J connectivity index is 2.05. The molecule has 7 heteroatoms. The van der Waals surface area contributed by atoms with E-state index in [-0.39, 0.29) is 11.2 Å². The number of hydrogen-bond acceptors (Lipinski definition) is 6. The third kappa shape index (κ3) is 4.18. The van der Waals surface area contributed by atoms with Gasteiger partial charge in [0.25, 0.3) is 0 Å². The van der Waals surface area contributed by atoms with Gasteiger partial charge in [-0.05, 0) is 43.5 Å². The molecule has 0 radical (unpaired) electrons. The number of nitrogens with zero attached hydrogens (tertiary/aromatic N) is 2. The molecule has 0 aromatic heterocycles. The maximum Gasteiger partial charge on any atom is 0.320 e. The van der Waals surface area contributed by atoms with Gasteiger partial charge in [-0.1, -0.05) is 35.3 Å². The zero-order valence-corrected chi connectivity index (χ0v) is 15.3. The van der Waals surface area contributed by atoms with Gasteiger partial charge in [-0.25, -0.2) is 4.41 Å². The number of hydrazine groups is 2. The van der Waals surface area contributed by atoms with Gasteiger partial charge in [0.2, 0.25) is 0 Å². The third-order valence-corrected chi connectivity index (χ3v) is 4.77. The van der Waals surface area contributed by atoms with Crippen molar-refractivity contribution in [3.8, 4) is 0 Å². The van der Waals surface area contributed by atoms with Crippen molar-refractivity contribution in [1.29, 1.82) is 0 Å². The fraction of sp³-hybridized carbons (Fsp3) is 0.400. The summed E-state index contributed by atoms with van der Waals surface area (Å²) in [5.41, 5.74) is 5.33. The zero-order chi connectivity index (χ0) is 16.1. The average Bonchev–Trinajstić information content (AvgIpc) is 2.86. The molecule has 2 rings (SSSR count). The number of carbonyl (C=O) groups excluding carboxylic acids is 1. The van der Waals surface area contributed by atoms with Crippen LogP contribution in [0.25, 0.3) is 0 Å². The first-order valence-electron chi connectivity index (χ1n) is 7.09. The second kappa shape index (κ2) is 7.89. The number of methoxy groups -OCH3 is 1. The van der Waals surface area contributed by atoms with Gasteiger partial charge in [-0.15, -0.1) is 5.53 Å². The van der Waals surface area contributed by atoms with E-state index >= 15 is 0 Å². The van der Waals surface area contributed by atoms with Gasteiger partial charge in [0.15, 0.2) is 0 Å². The lowest BCUT2D eigenvalue weighted by Crippen LogP contribution is -2.39. The Kier molecular flexibility index (Phi) is 6.16. The second-order valence-electron chi connectivity index (χ2n) is 4.92. The number of rotatable bonds is 6. The molecule has 0 saturated heterocycles. The molecule has 1 aromatic carbocycles. The first kappa shape index (κ1) is 17.2. The fourth-order valence-corrected chi connectivity index (χ4v) is 3.64. The lowest BCUT2D eigenvalue weighted by Gasteiger charge is -2.25. The minimum atomic E-state index is -0.214. The summed E-state index contributed by atoms with van der Waals surface area (Å²) in [7, 11) is 1.43. The molecule has 0 aliphatic carbocycles. The van der Waals surface area contributed by atoms with Gasteiger partial charge < -0.3 is 4.74 Å². The van der Waals surface area contributed by atoms with Gasteiger partial charge >= 0.3 is 5.97 Å². The predicted molar refractivity (Wildman–Crippen MR) is 93.7 cm³/mol. The number of halogens is 1. The molecule has 1 heterocycles. The van der Waals surface area contributed by atoms with Crippen LogP contribution in [0.15, 0.2) is 40.6 Å². The van der Waals surface area contributed by atoms with Crippen LogP contribution >= 0.6 is 27.9 Å². The summed E-state index contributed by atoms with van der Waals surface area (Å²) in [6.45, 7) is 4.07. The number of benzene rings is 1. The second-order valence-corrected chi connectivity index (χ2v) is 7.01. The van der Waals surface area contributed by atoms with Crippen LogP contribution in [0.4, 0.5) is 5.69 Å². The van der Waals surface area contributed by atoms with Crippen molar-refractivity contribution >= 4 is 39.5 Å². The van der Waals surface area contributed by atoms with Crippen molar-refractivity contribution in [1.82, 2.24) is 9.95 Å². The van der Waals surface area contributed by atoms with E-state index in [1.807, 2.05) is 46.8 Å². The van der Waals surface area contributed by atoms with Crippen LogP contribution in [-0.4, -0.2) is 22.7 Å². The highest BCUT2D eigenvalue weighted by Gasteiger charge is 2.26. The molecule has 0 spiro atoms. The molecule has 1 unspecified atom stereocenters. The monoisotopic (exact) mass is 385 g/mol. The minimum Gasteiger partial charge on any atom is -0.468 e. The lowest BCUT2D eigenvalue weighted by atomic mass is 10.2. The number of anilines is 1. The molecule has 0 amide bonds. The Hall–Kier alpha value is -1.18. The summed E-state index contributed by atoms with van der Waals surface area (Å²) in [5, 5.41) is 1.76. The molecule has 1 atom stereocenters. The van der Waals surface area contributed by atoms with E-state index in [0.717, 1.165) is 28.7 Å². The normalized spacial score (nSPS) is 15.7. The fourth-order valence-electron chi connectivity index (χ4n) is 2.11. The van der Waals surface area contributed by atoms with E-state index in [1.54, 1.807) is 0 Å². The molecule has 0 saturated carbocycles. The van der Waals surface area contributed by atoms with Crippen molar-refractivity contribution < 1.29 is 9.53 Å². The summed E-state index contributed by atoms with van der Waals surface area (Å²) >= 11 is 4.91. The Morgan fingerprint density at radius 3 is 2.91 bits per heavy atom. The van der Waals surface area contributed by atoms with Gasteiger partial charge in [0.1, 0.15) is 5.25 Å². The molecule has 1 aliphatic heterocycles. The lowest BCUT2D eigenvalue weighted by molar-refractivity contribution is -0.140. The SMILES string of the molecule is CCCC(SN1C=C(C)N(c2cccc(Br)c2)N1)C(=O)OC. The van der Waals surface area contributed by atoms with Crippen molar-refractivity contribution in [2.24, 2.45) is 0 Å². The van der Waals surface area contributed by atoms with Gasteiger partial charge in [-0.3, -0.25) is 9.80 Å². The smallest absolute Gasteiger partial charge is 0.320 e. The van der Waals surface area contributed by atoms with Crippen molar-refractivity contribution in [3.63, 3.8) is 0 Å². The molecule has 0 bridgehead atoms. The third-order valence-electron chi connectivity index (χ3n) is 3.18. The Labute approximate surface area is 143 Å². The van der Waals surface area contributed by atoms with Crippen LogP contribution < -0.4 is 10.5 Å². The molecule has 120 valence electrons. The van der Waals surface area contributed by atoms with E-state index in [0.29, 0.717) is 0 Å². The van der Waals surface area contributed by atoms with Gasteiger partial charge in [-0.2, -0.15) is 0 Å². The Morgan fingerprint density at radius 2 is 2.27 bits per heavy atom. The number of hydrogen-bond donors (Lipinski definition) is 1. The van der Waals surface area contributed by atoms with Crippen molar-refractivity contribution in [2.75, 3.05) is 12.1 Å². The van der Waals surface area contributed by atoms with E-state index in [9.17, 15) is 4.79 Å². The number of carbonyl (C=O) groups is 1. The standard InChI is InChI=1S/C15H20BrN3O2S/c1-4-6-14(15(20)21-3)22-18-10-11(2)19(17-18)13-8-5-7-12(16)9-13/h5,7-10,14,17H,4,6H2,1-3H3. The maximum atomic E-state index is 11.8. The van der Waals surface area contributed by atoms with Crippen LogP contribution in [0, 0.1) is 0 Å². The Bertz CT molecular complexity index is 567. The topological polar surface area (TPSA) is 44.8 Å². The maximum absolute atomic E-state index is 11.8. The first-order valence-corrected chi connectivity index (χ1v) is 8.72. The first-order chi connectivity index (χ1) is 10.5. The van der Waals surface area contributed by atoms with E-state index < -0.39 is 0 Å². The zero-order valence-electron chi connectivity index (χ0n) is 12.9. The highest BCUT2D eigenvalue weighted by molar-refractivity contribution is 9.10. The van der Waals surface area contributed by atoms with Crippen LogP contribution in [-0.2, 0) is 9.53 Å². The molecule has 5 nitrogen and oxygen atoms in total. The molecule has 1 aliphatic rings. The Morgan fingerprint density at radius 1 is 1.50 bits per heavy atom. The van der Waals surface area contributed by atoms with Crippen LogP contribution in [0.3, 0.4) is 0 Å². The molecule has 1 aromatic rings. The summed E-state index contributed by atoms with van der Waals surface area (Å²) in [5.74, 6) is -0.194. The molecule has 22 heavy (non-hydrogen) atoms. The molecular formula is C15H20BrN3O2S. The highest BCUT2D eigenvalue weighted by atomic mass is 79.9. The van der Waals surface area contributed by atoms with Gasteiger partial charge in [0, 0.05) is 4.47 Å². The summed E-state index contributed by atoms with van der Waals surface area (Å²) in [6.07, 6.45) is 3.68. The molecule has 1 N–H and O–H groups in total. The number of nitrogens with one attached hydrogen (secondary N) is 1. The number of esters is 1. The van der Waals surface area contributed by atoms with Crippen molar-refractivity contribution in [3.05, 3.63) is 40.6 Å². The quantitative estimate of drug-likeness (QED) is 0.592. The van der Waals surface area contributed by atoms with E-state index in [1.165, 1.54) is 19.1 Å². The number of allylic oxidation sites excluding steroid dienone is 1. The largest absolute Gasteiger partial charge is 0.468 e. The van der Waals surface area contributed by atoms with Gasteiger partial charge in [0.05, 0.1) is 24.7 Å². The van der Waals surface area contributed by atoms with E-state index in [2.05, 4.69) is 28.4 Å². The summed E-state index contributed by atoms with van der Waals surface area (Å²) in [4.78, 5) is 11.8. The molecular weight excluding hydrogens is 366 g/mol. The molecule has 0 fully saturated rings. The minimum absolute atomic E-state index is 0.194. The average molecular weight is 386 g/mol. The van der Waals surface area contributed by atoms with Crippen molar-refractivity contribution in [2.45, 2.75) is 31.9 Å². The van der Waals surface area contributed by atoms with Crippen LogP contribution in [0.5, 0.6) is 0 Å². The predicted octanol–water partition coefficient (Wildman–Crippen LogP) is 3.84. The summed E-state index contributed by atoms with van der Waals surface area (Å²) in [6, 6.07) is 8.02. The highest BCUT2D eigenvalue weighted by Crippen LogP contribution is 2.29. The number of ether oxygens (including phenoxy) is 1. The van der Waals surface area contributed by atoms with Crippen LogP contribution in [0.1, 0.15) is 26.7 Å². The van der Waals surface area contributed by atoms with E-state index in [4.69, 9.17) is 4.74 Å². The summed E-state index contributed by atoms with van der Waals surface area (Å²) < 4.78 is 7.75.